The van der Waals surface area contributed by atoms with E-state index in [1.807, 2.05) is 41.5 Å². The van der Waals surface area contributed by atoms with Gasteiger partial charge in [0.25, 0.3) is 0 Å². The number of para-hydroxylation sites is 2. The lowest BCUT2D eigenvalue weighted by Gasteiger charge is -2.23. The van der Waals surface area contributed by atoms with Crippen molar-refractivity contribution in [1.82, 2.24) is 9.47 Å². The number of nitrogens with two attached hydrogens (primary N) is 1. The van der Waals surface area contributed by atoms with Crippen molar-refractivity contribution in [3.8, 4) is 5.69 Å². The predicted molar refractivity (Wildman–Crippen MR) is 278 cm³/mol. The summed E-state index contributed by atoms with van der Waals surface area (Å²) in [5, 5.41) is 2.53. The maximum absolute atomic E-state index is 4.50. The van der Waals surface area contributed by atoms with Crippen molar-refractivity contribution in [3.63, 3.8) is 0 Å². The molecule has 61 heavy (non-hydrogen) atoms. The lowest BCUT2D eigenvalue weighted by molar-refractivity contribution is 0.505. The Hall–Kier alpha value is -5.90. The van der Waals surface area contributed by atoms with Gasteiger partial charge in [-0.05, 0) is 113 Å². The van der Waals surface area contributed by atoms with Crippen molar-refractivity contribution >= 4 is 27.4 Å². The monoisotopic (exact) mass is 816 g/mol. The van der Waals surface area contributed by atoms with E-state index in [2.05, 4.69) is 228 Å². The minimum Gasteiger partial charge on any atom is -0.351 e. The number of fused-ring (bicyclic) bond motifs is 3. The topological polar surface area (TPSA) is 34.2 Å². The molecule has 6 rings (SSSR count). The molecule has 324 valence electrons. The van der Waals surface area contributed by atoms with Crippen LogP contribution in [0.2, 0.25) is 0 Å². The maximum Gasteiger partial charge on any atom is 0.0541 e. The smallest absolute Gasteiger partial charge is 0.0541 e. The molecular formula is C58H77N3. The Labute approximate surface area is 372 Å². The zero-order valence-electron chi connectivity index (χ0n) is 40.0. The van der Waals surface area contributed by atoms with Gasteiger partial charge in [-0.25, -0.2) is 0 Å². The van der Waals surface area contributed by atoms with Crippen LogP contribution in [0.15, 0.2) is 210 Å². The van der Waals surface area contributed by atoms with Crippen LogP contribution in [-0.4, -0.2) is 23.6 Å². The Morgan fingerprint density at radius 3 is 1.98 bits per heavy atom. The van der Waals surface area contributed by atoms with Crippen LogP contribution in [0, 0.1) is 0 Å². The van der Waals surface area contributed by atoms with E-state index in [1.54, 1.807) is 0 Å². The summed E-state index contributed by atoms with van der Waals surface area (Å²) in [6, 6.07) is 25.9. The highest BCUT2D eigenvalue weighted by Gasteiger charge is 2.12. The molecule has 0 aliphatic heterocycles. The van der Waals surface area contributed by atoms with Crippen LogP contribution >= 0.6 is 0 Å². The summed E-state index contributed by atoms with van der Waals surface area (Å²) >= 11 is 0. The van der Waals surface area contributed by atoms with E-state index in [0.717, 1.165) is 41.7 Å². The van der Waals surface area contributed by atoms with Gasteiger partial charge in [-0.2, -0.15) is 0 Å². The highest BCUT2D eigenvalue weighted by molar-refractivity contribution is 6.09. The van der Waals surface area contributed by atoms with Gasteiger partial charge in [0.15, 0.2) is 0 Å². The minimum atomic E-state index is 0.762. The first-order valence-corrected chi connectivity index (χ1v) is 22.2. The van der Waals surface area contributed by atoms with Crippen LogP contribution in [0.3, 0.4) is 0 Å². The lowest BCUT2D eigenvalue weighted by Crippen LogP contribution is -2.16. The van der Waals surface area contributed by atoms with E-state index in [1.165, 1.54) is 62.5 Å². The highest BCUT2D eigenvalue weighted by Crippen LogP contribution is 2.32. The standard InChI is InChI=1S/C43H44N2.C8H10.3C2H6.CH5N/c1-8-16-32(3)35(6)44(7)38-21-14-19-36(27-28-38)34(5)29-31(2)17-13-18-33(4)37-20-15-22-39(30-37)45-42-25-11-9-23-40(42)41-24-10-12-26-43(41)45;1-8-6-4-2-3-5-7-8;4*1-2/h8-16,18-20,22-30H,2,4,17,21H2,1,3,5-7H3;2-6H,7H2,1H3;3*1-2H3;2H2,1H3/b16-8-,18-13-,34-29+,35-32+;;;;;. The molecule has 2 aliphatic carbocycles. The molecule has 0 saturated heterocycles. The van der Waals surface area contributed by atoms with Crippen molar-refractivity contribution in [2.75, 3.05) is 14.1 Å². The van der Waals surface area contributed by atoms with Gasteiger partial charge in [-0.3, -0.25) is 0 Å². The molecule has 0 radical (unpaired) electrons. The molecule has 0 spiro atoms. The second-order valence-corrected chi connectivity index (χ2v) is 13.8. The first-order valence-electron chi connectivity index (χ1n) is 22.2. The van der Waals surface area contributed by atoms with Crippen LogP contribution in [-0.2, 0) is 0 Å². The molecule has 0 fully saturated rings. The summed E-state index contributed by atoms with van der Waals surface area (Å²) in [6.07, 6.45) is 32.9. The third-order valence-electron chi connectivity index (χ3n) is 9.81. The van der Waals surface area contributed by atoms with E-state index in [9.17, 15) is 0 Å². The Morgan fingerprint density at radius 1 is 0.738 bits per heavy atom. The Balaban J connectivity index is 0.00000100. The van der Waals surface area contributed by atoms with Gasteiger partial charge in [0.2, 0.25) is 0 Å². The molecule has 2 aliphatic rings. The molecule has 0 amide bonds. The fourth-order valence-corrected chi connectivity index (χ4v) is 6.61. The van der Waals surface area contributed by atoms with Gasteiger partial charge in [-0.1, -0.05) is 193 Å². The molecule has 2 N–H and O–H groups in total. The molecule has 1 aromatic heterocycles. The second kappa shape index (κ2) is 30.2. The van der Waals surface area contributed by atoms with E-state index in [0.29, 0.717) is 0 Å². The summed E-state index contributed by atoms with van der Waals surface area (Å²) in [5.74, 6) is 0. The van der Waals surface area contributed by atoms with Gasteiger partial charge in [0, 0.05) is 41.3 Å². The average Bonchev–Trinajstić information content (AvgIpc) is 3.48. The maximum atomic E-state index is 4.50. The lowest BCUT2D eigenvalue weighted by atomic mass is 10.0. The second-order valence-electron chi connectivity index (χ2n) is 13.8. The zero-order valence-corrected chi connectivity index (χ0v) is 40.0. The van der Waals surface area contributed by atoms with Gasteiger partial charge in [-0.15, -0.1) is 0 Å². The van der Waals surface area contributed by atoms with Gasteiger partial charge >= 0.3 is 0 Å². The largest absolute Gasteiger partial charge is 0.351 e. The van der Waals surface area contributed by atoms with Crippen molar-refractivity contribution in [2.45, 2.75) is 95.4 Å². The minimum absolute atomic E-state index is 0.762. The number of benzene rings is 3. The van der Waals surface area contributed by atoms with Crippen LogP contribution in [0.25, 0.3) is 33.1 Å². The Morgan fingerprint density at radius 2 is 1.36 bits per heavy atom. The zero-order chi connectivity index (χ0) is 45.7. The Bertz CT molecular complexity index is 2250. The van der Waals surface area contributed by atoms with E-state index in [-0.39, 0.29) is 0 Å². The molecular weight excluding hydrogens is 739 g/mol. The van der Waals surface area contributed by atoms with Crippen LogP contribution in [0.1, 0.15) is 101 Å². The van der Waals surface area contributed by atoms with Gasteiger partial charge in [0.1, 0.15) is 0 Å². The molecule has 0 bridgehead atoms. The van der Waals surface area contributed by atoms with Crippen molar-refractivity contribution in [2.24, 2.45) is 5.73 Å². The summed E-state index contributed by atoms with van der Waals surface area (Å²) in [4.78, 5) is 2.29. The number of nitrogens with zero attached hydrogens (tertiary/aromatic N) is 2. The third kappa shape index (κ3) is 16.2. The quantitative estimate of drug-likeness (QED) is 0.162. The number of hydrogen-bond acceptors (Lipinski definition) is 2. The number of allylic oxidation sites excluding steroid dienone is 21. The fraction of sp³-hybridized carbons (Fsp3) is 0.276. The van der Waals surface area contributed by atoms with Gasteiger partial charge < -0.3 is 15.2 Å². The first-order chi connectivity index (χ1) is 29.7. The molecule has 4 aromatic rings. The molecule has 3 aromatic carbocycles. The third-order valence-corrected chi connectivity index (χ3v) is 9.81. The fourth-order valence-electron chi connectivity index (χ4n) is 6.61. The molecule has 0 unspecified atom stereocenters. The molecule has 3 nitrogen and oxygen atoms in total. The highest BCUT2D eigenvalue weighted by atomic mass is 15.1. The van der Waals surface area contributed by atoms with Crippen molar-refractivity contribution in [1.29, 1.82) is 0 Å². The predicted octanol–water partition coefficient (Wildman–Crippen LogP) is 16.9. The SMILES string of the molecule is C=C(/C=C(\C)C1=CC=C(N(C)/C(C)=C(C)/C=C\C)CC=C1)C/C=C\C(=C)c1cccc(-n2c3ccccc3c3ccccc32)c1.CC.CC.CC.CC1=CC=CC=CC1.CN. The molecule has 3 heteroatoms. The van der Waals surface area contributed by atoms with Crippen LogP contribution < -0.4 is 5.73 Å². The summed E-state index contributed by atoms with van der Waals surface area (Å²) < 4.78 is 2.34. The number of aromatic nitrogens is 1. The van der Waals surface area contributed by atoms with Crippen molar-refractivity contribution < 1.29 is 0 Å². The van der Waals surface area contributed by atoms with Crippen LogP contribution in [0.4, 0.5) is 0 Å². The molecule has 1 heterocycles. The normalized spacial score (nSPS) is 13.5. The summed E-state index contributed by atoms with van der Waals surface area (Å²) in [7, 11) is 3.65. The summed E-state index contributed by atoms with van der Waals surface area (Å²) in [5.41, 5.74) is 18.9. The number of hydrogen-bond donors (Lipinski definition) is 1. The summed E-state index contributed by atoms with van der Waals surface area (Å²) in [6.45, 7) is 31.4. The Kier molecular flexibility index (Phi) is 26.3. The molecule has 0 atom stereocenters. The van der Waals surface area contributed by atoms with E-state index in [4.69, 9.17) is 0 Å². The van der Waals surface area contributed by atoms with E-state index < -0.39 is 0 Å². The molecule has 0 saturated carbocycles. The van der Waals surface area contributed by atoms with Crippen molar-refractivity contribution in [3.05, 3.63) is 216 Å². The average molecular weight is 816 g/mol. The number of rotatable bonds is 10. The van der Waals surface area contributed by atoms with E-state index >= 15 is 0 Å². The van der Waals surface area contributed by atoms with Crippen LogP contribution in [0.5, 0.6) is 0 Å². The first kappa shape index (κ1) is 53.1. The van der Waals surface area contributed by atoms with Gasteiger partial charge in [0.05, 0.1) is 11.0 Å².